The summed E-state index contributed by atoms with van der Waals surface area (Å²) in [5.74, 6) is 0.529. The van der Waals surface area contributed by atoms with Crippen molar-refractivity contribution < 1.29 is 4.92 Å². The van der Waals surface area contributed by atoms with E-state index in [1.807, 2.05) is 42.7 Å². The van der Waals surface area contributed by atoms with Gasteiger partial charge in [0.15, 0.2) is 5.03 Å². The third-order valence-corrected chi connectivity index (χ3v) is 4.49. The predicted octanol–water partition coefficient (Wildman–Crippen LogP) is 2.68. The SMILES string of the molecule is Cc1ccccc1-n1c(C)nnc1Sc1c([N+](=O)[O-])ncn1C. The summed E-state index contributed by atoms with van der Waals surface area (Å²) in [6.45, 7) is 3.84. The summed E-state index contributed by atoms with van der Waals surface area (Å²) in [5, 5.41) is 20.4. The topological polar surface area (TPSA) is 91.7 Å². The number of hydrogen-bond acceptors (Lipinski definition) is 6. The van der Waals surface area contributed by atoms with E-state index in [1.165, 1.54) is 18.1 Å². The molecule has 23 heavy (non-hydrogen) atoms. The summed E-state index contributed by atoms with van der Waals surface area (Å²) in [6.07, 6.45) is 1.42. The molecule has 2 aromatic heterocycles. The molecule has 0 aliphatic carbocycles. The van der Waals surface area contributed by atoms with Crippen LogP contribution in [0.25, 0.3) is 5.69 Å². The van der Waals surface area contributed by atoms with Crippen LogP contribution >= 0.6 is 11.8 Å². The van der Waals surface area contributed by atoms with Gasteiger partial charge < -0.3 is 14.7 Å². The first-order chi connectivity index (χ1) is 11.0. The lowest BCUT2D eigenvalue weighted by atomic mass is 10.2. The van der Waals surface area contributed by atoms with E-state index in [1.54, 1.807) is 11.6 Å². The van der Waals surface area contributed by atoms with Crippen molar-refractivity contribution in [2.75, 3.05) is 0 Å². The zero-order valence-electron chi connectivity index (χ0n) is 12.8. The zero-order chi connectivity index (χ0) is 16.6. The van der Waals surface area contributed by atoms with Gasteiger partial charge in [-0.05, 0) is 47.1 Å². The molecule has 0 saturated heterocycles. The Morgan fingerprint density at radius 2 is 1.96 bits per heavy atom. The van der Waals surface area contributed by atoms with Crippen LogP contribution in [0, 0.1) is 24.0 Å². The maximum atomic E-state index is 11.1. The number of nitrogens with zero attached hydrogens (tertiary/aromatic N) is 6. The molecule has 9 heteroatoms. The molecule has 2 heterocycles. The van der Waals surface area contributed by atoms with Crippen molar-refractivity contribution in [2.45, 2.75) is 24.0 Å². The summed E-state index contributed by atoms with van der Waals surface area (Å²) in [4.78, 5) is 14.4. The summed E-state index contributed by atoms with van der Waals surface area (Å²) in [7, 11) is 1.71. The molecule has 0 atom stereocenters. The molecule has 0 aliphatic heterocycles. The average Bonchev–Trinajstić information content (AvgIpc) is 3.05. The van der Waals surface area contributed by atoms with Crippen molar-refractivity contribution in [3.05, 3.63) is 52.1 Å². The molecule has 1 aromatic carbocycles. The Morgan fingerprint density at radius 1 is 1.22 bits per heavy atom. The first-order valence-corrected chi connectivity index (χ1v) is 7.62. The van der Waals surface area contributed by atoms with E-state index < -0.39 is 4.92 Å². The minimum Gasteiger partial charge on any atom is -0.358 e. The summed E-state index contributed by atoms with van der Waals surface area (Å²) >= 11 is 1.17. The van der Waals surface area contributed by atoms with E-state index in [4.69, 9.17) is 0 Å². The molecule has 0 unspecified atom stereocenters. The van der Waals surface area contributed by atoms with Gasteiger partial charge in [-0.2, -0.15) is 0 Å². The van der Waals surface area contributed by atoms with E-state index in [-0.39, 0.29) is 5.82 Å². The number of nitro groups is 1. The van der Waals surface area contributed by atoms with Crippen molar-refractivity contribution >= 4 is 17.6 Å². The van der Waals surface area contributed by atoms with Crippen molar-refractivity contribution in [2.24, 2.45) is 7.05 Å². The van der Waals surface area contributed by atoms with E-state index in [9.17, 15) is 10.1 Å². The van der Waals surface area contributed by atoms with Gasteiger partial charge in [-0.25, -0.2) is 0 Å². The minimum atomic E-state index is -0.496. The standard InChI is InChI=1S/C14H14N6O2S/c1-9-6-4-5-7-11(9)19-10(2)16-17-14(19)23-13-12(20(21)22)15-8-18(13)3/h4-8H,1-3H3. The molecule has 3 aromatic rings. The normalized spacial score (nSPS) is 10.9. The van der Waals surface area contributed by atoms with Crippen molar-refractivity contribution in [3.63, 3.8) is 0 Å². The van der Waals surface area contributed by atoms with Gasteiger partial charge in [0, 0.05) is 7.05 Å². The highest BCUT2D eigenvalue weighted by Crippen LogP contribution is 2.34. The highest BCUT2D eigenvalue weighted by molar-refractivity contribution is 7.99. The van der Waals surface area contributed by atoms with Crippen molar-refractivity contribution in [1.82, 2.24) is 24.3 Å². The summed E-state index contributed by atoms with van der Waals surface area (Å²) in [5.41, 5.74) is 2.01. The monoisotopic (exact) mass is 330 g/mol. The second-order valence-corrected chi connectivity index (χ2v) is 5.95. The first kappa shape index (κ1) is 15.2. The Morgan fingerprint density at radius 3 is 2.65 bits per heavy atom. The molecule has 8 nitrogen and oxygen atoms in total. The molecule has 0 spiro atoms. The van der Waals surface area contributed by atoms with Gasteiger partial charge in [0.2, 0.25) is 11.5 Å². The molecule has 0 bridgehead atoms. The highest BCUT2D eigenvalue weighted by atomic mass is 32.2. The van der Waals surface area contributed by atoms with E-state index in [2.05, 4.69) is 15.2 Å². The number of hydrogen-bond donors (Lipinski definition) is 0. The van der Waals surface area contributed by atoms with Gasteiger partial charge in [0.05, 0.1) is 5.69 Å². The second kappa shape index (κ2) is 5.84. The predicted molar refractivity (Wildman–Crippen MR) is 84.8 cm³/mol. The Balaban J connectivity index is 2.09. The number of para-hydroxylation sites is 1. The van der Waals surface area contributed by atoms with Gasteiger partial charge in [-0.3, -0.25) is 4.57 Å². The molecule has 0 radical (unpaired) electrons. The van der Waals surface area contributed by atoms with E-state index in [0.717, 1.165) is 11.3 Å². The lowest BCUT2D eigenvalue weighted by Gasteiger charge is -2.10. The Bertz CT molecular complexity index is 885. The lowest BCUT2D eigenvalue weighted by Crippen LogP contribution is -2.02. The third-order valence-electron chi connectivity index (χ3n) is 3.38. The largest absolute Gasteiger partial charge is 0.396 e. The molecule has 0 N–H and O–H groups in total. The smallest absolute Gasteiger partial charge is 0.358 e. The fourth-order valence-corrected chi connectivity index (χ4v) is 3.22. The van der Waals surface area contributed by atoms with Crippen LogP contribution in [-0.2, 0) is 7.05 Å². The molecule has 118 valence electrons. The molecule has 0 aliphatic rings. The van der Waals surface area contributed by atoms with Gasteiger partial charge >= 0.3 is 5.82 Å². The van der Waals surface area contributed by atoms with Crippen LogP contribution < -0.4 is 0 Å². The lowest BCUT2D eigenvalue weighted by molar-refractivity contribution is -0.392. The van der Waals surface area contributed by atoms with Gasteiger partial charge in [-0.1, -0.05) is 18.2 Å². The van der Waals surface area contributed by atoms with Gasteiger partial charge in [0.25, 0.3) is 0 Å². The Hall–Kier alpha value is -2.68. The highest BCUT2D eigenvalue weighted by Gasteiger charge is 2.24. The first-order valence-electron chi connectivity index (χ1n) is 6.80. The Kier molecular flexibility index (Phi) is 3.87. The molecule has 0 fully saturated rings. The Labute approximate surface area is 136 Å². The fraction of sp³-hybridized carbons (Fsp3) is 0.214. The number of benzene rings is 1. The molecular weight excluding hydrogens is 316 g/mol. The van der Waals surface area contributed by atoms with Crippen molar-refractivity contribution in [1.29, 1.82) is 0 Å². The van der Waals surface area contributed by atoms with E-state index in [0.29, 0.717) is 16.0 Å². The molecule has 0 amide bonds. The van der Waals surface area contributed by atoms with Crippen LogP contribution in [0.15, 0.2) is 40.8 Å². The fourth-order valence-electron chi connectivity index (χ4n) is 2.24. The molecule has 0 saturated carbocycles. The minimum absolute atomic E-state index is 0.186. The maximum absolute atomic E-state index is 11.1. The number of aromatic nitrogens is 5. The quantitative estimate of drug-likeness (QED) is 0.539. The number of rotatable bonds is 4. The van der Waals surface area contributed by atoms with Crippen LogP contribution in [0.5, 0.6) is 0 Å². The summed E-state index contributed by atoms with van der Waals surface area (Å²) < 4.78 is 3.49. The zero-order valence-corrected chi connectivity index (χ0v) is 13.6. The number of aryl methyl sites for hydroxylation is 3. The molecular formula is C14H14N6O2S. The van der Waals surface area contributed by atoms with Crippen LogP contribution in [0.1, 0.15) is 11.4 Å². The van der Waals surface area contributed by atoms with Crippen LogP contribution in [-0.4, -0.2) is 29.2 Å². The second-order valence-electron chi connectivity index (χ2n) is 5.00. The molecule has 3 rings (SSSR count). The number of imidazole rings is 1. The van der Waals surface area contributed by atoms with E-state index >= 15 is 0 Å². The maximum Gasteiger partial charge on any atom is 0.396 e. The third kappa shape index (κ3) is 2.70. The average molecular weight is 330 g/mol. The van der Waals surface area contributed by atoms with Crippen LogP contribution in [0.4, 0.5) is 5.82 Å². The van der Waals surface area contributed by atoms with Crippen molar-refractivity contribution in [3.8, 4) is 5.69 Å². The van der Waals surface area contributed by atoms with Gasteiger partial charge in [-0.15, -0.1) is 10.2 Å². The van der Waals surface area contributed by atoms with Crippen LogP contribution in [0.2, 0.25) is 0 Å². The summed E-state index contributed by atoms with van der Waals surface area (Å²) in [6, 6.07) is 7.85. The van der Waals surface area contributed by atoms with Gasteiger partial charge in [0.1, 0.15) is 5.82 Å². The van der Waals surface area contributed by atoms with Crippen LogP contribution in [0.3, 0.4) is 0 Å².